The van der Waals surface area contributed by atoms with Gasteiger partial charge in [-0.15, -0.1) is 0 Å². The normalized spacial score (nSPS) is 15.8. The molecule has 1 saturated heterocycles. The first kappa shape index (κ1) is 24.5. The molecule has 7 nitrogen and oxygen atoms in total. The van der Waals surface area contributed by atoms with Gasteiger partial charge in [0.05, 0.1) is 5.69 Å². The first-order valence-corrected chi connectivity index (χ1v) is 13.0. The summed E-state index contributed by atoms with van der Waals surface area (Å²) in [4.78, 5) is 15.5. The quantitative estimate of drug-likeness (QED) is 0.491. The molecule has 1 fully saturated rings. The molecule has 0 spiro atoms. The maximum atomic E-state index is 13.1. The van der Waals surface area contributed by atoms with Gasteiger partial charge in [-0.05, 0) is 75.9 Å². The van der Waals surface area contributed by atoms with Crippen molar-refractivity contribution in [3.05, 3.63) is 76.6 Å². The molecule has 36 heavy (non-hydrogen) atoms. The van der Waals surface area contributed by atoms with E-state index in [1.807, 2.05) is 28.9 Å². The van der Waals surface area contributed by atoms with Crippen molar-refractivity contribution < 1.29 is 14.3 Å². The molecule has 2 aromatic carbocycles. The number of fused-ring (bicyclic) bond motifs is 1. The number of carbonyl (C=O) groups excluding carboxylic acids is 1. The maximum absolute atomic E-state index is 13.1. The van der Waals surface area contributed by atoms with E-state index in [-0.39, 0.29) is 5.91 Å². The van der Waals surface area contributed by atoms with Crippen LogP contribution >= 0.6 is 0 Å². The first-order valence-electron chi connectivity index (χ1n) is 13.0. The molecule has 1 N–H and O–H groups in total. The molecular formula is C29H36N4O3. The Morgan fingerprint density at radius 1 is 1.17 bits per heavy atom. The number of nitrogens with zero attached hydrogens (tertiary/aromatic N) is 3. The van der Waals surface area contributed by atoms with Gasteiger partial charge in [-0.2, -0.15) is 5.10 Å². The summed E-state index contributed by atoms with van der Waals surface area (Å²) in [7, 11) is 2.15. The monoisotopic (exact) mass is 488 g/mol. The smallest absolute Gasteiger partial charge is 0.272 e. The van der Waals surface area contributed by atoms with Crippen LogP contribution < -0.4 is 10.1 Å². The Hall–Kier alpha value is -3.16. The van der Waals surface area contributed by atoms with Gasteiger partial charge in [-0.3, -0.25) is 9.69 Å². The van der Waals surface area contributed by atoms with Crippen LogP contribution in [0.1, 0.15) is 52.1 Å². The average Bonchev–Trinajstić information content (AvgIpc) is 3.52. The molecule has 0 unspecified atom stereocenters. The van der Waals surface area contributed by atoms with Crippen LogP contribution in [0.2, 0.25) is 0 Å². The summed E-state index contributed by atoms with van der Waals surface area (Å²) in [6.45, 7) is 5.70. The van der Waals surface area contributed by atoms with Gasteiger partial charge in [0, 0.05) is 43.6 Å². The molecule has 3 aromatic rings. The number of aromatic nitrogens is 2. The van der Waals surface area contributed by atoms with E-state index in [1.54, 1.807) is 0 Å². The van der Waals surface area contributed by atoms with Crippen molar-refractivity contribution in [2.75, 3.05) is 33.4 Å². The van der Waals surface area contributed by atoms with Gasteiger partial charge in [-0.25, -0.2) is 4.68 Å². The van der Waals surface area contributed by atoms with E-state index in [9.17, 15) is 4.79 Å². The number of likely N-dealkylation sites (N-methyl/N-ethyl adjacent to an activating group) is 1. The zero-order chi connectivity index (χ0) is 24.9. The van der Waals surface area contributed by atoms with Gasteiger partial charge in [0.15, 0.2) is 5.69 Å². The highest BCUT2D eigenvalue weighted by Crippen LogP contribution is 2.28. The molecular weight excluding hydrogens is 452 g/mol. The van der Waals surface area contributed by atoms with Crippen molar-refractivity contribution in [2.45, 2.75) is 51.6 Å². The molecule has 190 valence electrons. The molecule has 0 bridgehead atoms. The van der Waals surface area contributed by atoms with Gasteiger partial charge in [0.25, 0.3) is 5.91 Å². The lowest BCUT2D eigenvalue weighted by atomic mass is 10.1. The van der Waals surface area contributed by atoms with Crippen LogP contribution in [-0.2, 0) is 24.1 Å². The van der Waals surface area contributed by atoms with E-state index < -0.39 is 0 Å². The molecule has 7 heteroatoms. The Morgan fingerprint density at radius 3 is 2.78 bits per heavy atom. The lowest BCUT2D eigenvalue weighted by Crippen LogP contribution is -2.38. The van der Waals surface area contributed by atoms with E-state index in [2.05, 4.69) is 48.5 Å². The van der Waals surface area contributed by atoms with E-state index in [0.717, 1.165) is 80.1 Å². The van der Waals surface area contributed by atoms with Crippen LogP contribution in [0.15, 0.2) is 48.5 Å². The number of hydrogen-bond donors (Lipinski definition) is 1. The summed E-state index contributed by atoms with van der Waals surface area (Å²) in [5.41, 5.74) is 6.01. The summed E-state index contributed by atoms with van der Waals surface area (Å²) >= 11 is 0. The SMILES string of the molecule is Cc1ccc(-n2nc(C(=O)NCc3cccc(OCCN(C)C4CCOCC4)c3)c3c2CCC3)cc1. The third-order valence-electron chi connectivity index (χ3n) is 7.30. The third kappa shape index (κ3) is 5.63. The fraction of sp³-hybridized carbons (Fsp3) is 0.448. The van der Waals surface area contributed by atoms with Crippen LogP contribution in [0, 0.1) is 6.92 Å². The van der Waals surface area contributed by atoms with Crippen molar-refractivity contribution in [2.24, 2.45) is 0 Å². The zero-order valence-electron chi connectivity index (χ0n) is 21.3. The van der Waals surface area contributed by atoms with Crippen LogP contribution in [0.4, 0.5) is 0 Å². The standard InChI is InChI=1S/C29H36N4O3/c1-21-9-11-24(12-10-21)33-27-8-4-7-26(27)28(31-33)29(34)30-20-22-5-3-6-25(19-22)36-18-15-32(2)23-13-16-35-17-14-23/h3,5-6,9-12,19,23H,4,7-8,13-18,20H2,1-2H3,(H,30,34). The van der Waals surface area contributed by atoms with Crippen molar-refractivity contribution >= 4 is 5.91 Å². The minimum Gasteiger partial charge on any atom is -0.492 e. The maximum Gasteiger partial charge on any atom is 0.272 e. The molecule has 1 aliphatic heterocycles. The number of hydrogen-bond acceptors (Lipinski definition) is 5. The summed E-state index contributed by atoms with van der Waals surface area (Å²) < 4.78 is 13.4. The number of carbonyl (C=O) groups is 1. The lowest BCUT2D eigenvalue weighted by Gasteiger charge is -2.31. The number of nitrogens with one attached hydrogen (secondary N) is 1. The molecule has 1 amide bonds. The first-order chi connectivity index (χ1) is 17.6. The Labute approximate surface area is 213 Å². The molecule has 2 aliphatic rings. The Morgan fingerprint density at radius 2 is 1.97 bits per heavy atom. The second kappa shape index (κ2) is 11.3. The van der Waals surface area contributed by atoms with Crippen LogP contribution in [0.5, 0.6) is 5.75 Å². The minimum atomic E-state index is -0.122. The summed E-state index contributed by atoms with van der Waals surface area (Å²) in [6.07, 6.45) is 5.07. The van der Waals surface area contributed by atoms with Gasteiger partial charge in [0.2, 0.25) is 0 Å². The fourth-order valence-electron chi connectivity index (χ4n) is 5.15. The molecule has 2 heterocycles. The van der Waals surface area contributed by atoms with Gasteiger partial charge in [0.1, 0.15) is 12.4 Å². The van der Waals surface area contributed by atoms with E-state index >= 15 is 0 Å². The third-order valence-corrected chi connectivity index (χ3v) is 7.30. The highest BCUT2D eigenvalue weighted by atomic mass is 16.5. The highest BCUT2D eigenvalue weighted by molar-refractivity contribution is 5.94. The topological polar surface area (TPSA) is 68.6 Å². The fourth-order valence-corrected chi connectivity index (χ4v) is 5.15. The number of aryl methyl sites for hydroxylation is 1. The van der Waals surface area contributed by atoms with Crippen molar-refractivity contribution in [1.29, 1.82) is 0 Å². The molecule has 0 saturated carbocycles. The summed E-state index contributed by atoms with van der Waals surface area (Å²) in [6, 6.07) is 16.8. The number of benzene rings is 2. The van der Waals surface area contributed by atoms with E-state index in [1.165, 1.54) is 5.56 Å². The predicted molar refractivity (Wildman–Crippen MR) is 140 cm³/mol. The van der Waals surface area contributed by atoms with Crippen LogP contribution in [-0.4, -0.2) is 60.0 Å². The molecule has 5 rings (SSSR count). The van der Waals surface area contributed by atoms with Crippen LogP contribution in [0.25, 0.3) is 5.69 Å². The summed E-state index contributed by atoms with van der Waals surface area (Å²) in [5, 5.41) is 7.80. The molecule has 0 atom stereocenters. The molecule has 1 aromatic heterocycles. The van der Waals surface area contributed by atoms with Crippen molar-refractivity contribution in [3.63, 3.8) is 0 Å². The van der Waals surface area contributed by atoms with Gasteiger partial charge >= 0.3 is 0 Å². The zero-order valence-corrected chi connectivity index (χ0v) is 21.3. The van der Waals surface area contributed by atoms with Crippen molar-refractivity contribution in [1.82, 2.24) is 20.0 Å². The summed E-state index contributed by atoms with van der Waals surface area (Å²) in [5.74, 6) is 0.704. The number of ether oxygens (including phenoxy) is 2. The second-order valence-corrected chi connectivity index (χ2v) is 9.88. The van der Waals surface area contributed by atoms with E-state index in [0.29, 0.717) is 24.9 Å². The Bertz CT molecular complexity index is 1180. The predicted octanol–water partition coefficient (Wildman–Crippen LogP) is 4.09. The minimum absolute atomic E-state index is 0.122. The average molecular weight is 489 g/mol. The molecule has 1 aliphatic carbocycles. The Balaban J connectivity index is 1.18. The molecule has 0 radical (unpaired) electrons. The lowest BCUT2D eigenvalue weighted by molar-refractivity contribution is 0.0392. The van der Waals surface area contributed by atoms with Gasteiger partial charge < -0.3 is 14.8 Å². The van der Waals surface area contributed by atoms with Gasteiger partial charge in [-0.1, -0.05) is 29.8 Å². The van der Waals surface area contributed by atoms with Crippen LogP contribution in [0.3, 0.4) is 0 Å². The number of amides is 1. The highest BCUT2D eigenvalue weighted by Gasteiger charge is 2.27. The van der Waals surface area contributed by atoms with E-state index in [4.69, 9.17) is 14.6 Å². The number of rotatable bonds is 9. The largest absolute Gasteiger partial charge is 0.492 e. The Kier molecular flexibility index (Phi) is 7.68. The second-order valence-electron chi connectivity index (χ2n) is 9.88. The van der Waals surface area contributed by atoms with Crippen molar-refractivity contribution in [3.8, 4) is 11.4 Å².